The van der Waals surface area contributed by atoms with Gasteiger partial charge in [0.2, 0.25) is 10.0 Å². The highest BCUT2D eigenvalue weighted by Gasteiger charge is 2.28. The topological polar surface area (TPSA) is 80.8 Å². The lowest BCUT2D eigenvalue weighted by atomic mass is 10.0. The Kier molecular flexibility index (Phi) is 7.46. The molecule has 3 aromatic rings. The Morgan fingerprint density at radius 1 is 0.765 bits per heavy atom. The summed E-state index contributed by atoms with van der Waals surface area (Å²) in [5.74, 6) is -0.618. The van der Waals surface area contributed by atoms with Crippen molar-refractivity contribution in [2.45, 2.75) is 30.6 Å². The van der Waals surface area contributed by atoms with E-state index in [4.69, 9.17) is 16.3 Å². The number of carbonyl (C=O) groups excluding carboxylic acids is 2. The number of rotatable bonds is 6. The molecule has 1 saturated heterocycles. The minimum atomic E-state index is -3.83. The minimum absolute atomic E-state index is 0.0598. The van der Waals surface area contributed by atoms with Gasteiger partial charge in [0.25, 0.3) is 0 Å². The number of esters is 1. The van der Waals surface area contributed by atoms with Gasteiger partial charge in [-0.05, 0) is 55.3 Å². The average molecular weight is 498 g/mol. The second kappa shape index (κ2) is 10.5. The third-order valence-corrected chi connectivity index (χ3v) is 8.09. The molecular formula is C26H24ClNO5S. The fourth-order valence-electron chi connectivity index (χ4n) is 3.85. The summed E-state index contributed by atoms with van der Waals surface area (Å²) >= 11 is 6.21. The molecule has 4 rings (SSSR count). The molecule has 34 heavy (non-hydrogen) atoms. The normalized spacial score (nSPS) is 14.9. The fourth-order valence-corrected chi connectivity index (χ4v) is 5.86. The van der Waals surface area contributed by atoms with Crippen molar-refractivity contribution in [2.75, 3.05) is 13.1 Å². The van der Waals surface area contributed by atoms with E-state index in [0.29, 0.717) is 24.2 Å². The number of halogens is 1. The molecule has 0 radical (unpaired) electrons. The molecule has 1 aliphatic rings. The highest BCUT2D eigenvalue weighted by molar-refractivity contribution is 7.89. The van der Waals surface area contributed by atoms with Crippen LogP contribution in [0.2, 0.25) is 5.02 Å². The number of hydrogen-bond acceptors (Lipinski definition) is 5. The molecular weight excluding hydrogens is 474 g/mol. The third-order valence-electron chi connectivity index (χ3n) is 5.71. The lowest BCUT2D eigenvalue weighted by molar-refractivity contribution is 0.0734. The number of ether oxygens (including phenoxy) is 1. The number of nitrogens with zero attached hydrogens (tertiary/aromatic N) is 1. The van der Waals surface area contributed by atoms with Crippen LogP contribution in [0.25, 0.3) is 0 Å². The van der Waals surface area contributed by atoms with Gasteiger partial charge in [-0.25, -0.2) is 13.2 Å². The summed E-state index contributed by atoms with van der Waals surface area (Å²) < 4.78 is 33.2. The maximum absolute atomic E-state index is 13.2. The Bertz CT molecular complexity index is 1280. The molecule has 1 fully saturated rings. The summed E-state index contributed by atoms with van der Waals surface area (Å²) in [6.07, 6.45) is 3.56. The van der Waals surface area contributed by atoms with Gasteiger partial charge in [-0.2, -0.15) is 4.31 Å². The lowest BCUT2D eigenvalue weighted by Gasteiger charge is -2.21. The van der Waals surface area contributed by atoms with Crippen molar-refractivity contribution in [3.8, 4) is 5.75 Å². The first-order valence-electron chi connectivity index (χ1n) is 11.1. The Morgan fingerprint density at radius 3 is 2.00 bits per heavy atom. The molecule has 0 bridgehead atoms. The van der Waals surface area contributed by atoms with Crippen LogP contribution in [0, 0.1) is 0 Å². The van der Waals surface area contributed by atoms with E-state index in [1.165, 1.54) is 34.6 Å². The van der Waals surface area contributed by atoms with Crippen LogP contribution in [0.5, 0.6) is 5.75 Å². The first-order valence-corrected chi connectivity index (χ1v) is 12.9. The van der Waals surface area contributed by atoms with Crippen LogP contribution >= 0.6 is 11.6 Å². The van der Waals surface area contributed by atoms with E-state index < -0.39 is 16.0 Å². The monoisotopic (exact) mass is 497 g/mol. The summed E-state index contributed by atoms with van der Waals surface area (Å²) in [6.45, 7) is 0.864. The largest absolute Gasteiger partial charge is 0.423 e. The van der Waals surface area contributed by atoms with E-state index in [-0.39, 0.29) is 27.0 Å². The van der Waals surface area contributed by atoms with Gasteiger partial charge in [0, 0.05) is 24.2 Å². The molecule has 3 aromatic carbocycles. The number of ketones is 1. The molecule has 0 saturated carbocycles. The molecule has 0 aromatic heterocycles. The van der Waals surface area contributed by atoms with Crippen molar-refractivity contribution in [2.24, 2.45) is 0 Å². The van der Waals surface area contributed by atoms with Crippen LogP contribution in [0.1, 0.15) is 52.0 Å². The smallest absolute Gasteiger partial charge is 0.343 e. The third kappa shape index (κ3) is 5.38. The predicted octanol–water partition coefficient (Wildman–Crippen LogP) is 5.35. The molecule has 6 nitrogen and oxygen atoms in total. The Hall–Kier alpha value is -3.00. The van der Waals surface area contributed by atoms with Gasteiger partial charge < -0.3 is 4.74 Å². The first kappa shape index (κ1) is 24.1. The molecule has 1 aliphatic heterocycles. The zero-order chi connectivity index (χ0) is 24.1. The molecule has 0 aliphatic carbocycles. The van der Waals surface area contributed by atoms with E-state index in [9.17, 15) is 18.0 Å². The Morgan fingerprint density at radius 2 is 1.35 bits per heavy atom. The van der Waals surface area contributed by atoms with E-state index in [2.05, 4.69) is 0 Å². The zero-order valence-corrected chi connectivity index (χ0v) is 20.0. The molecule has 8 heteroatoms. The quantitative estimate of drug-likeness (QED) is 0.260. The SMILES string of the molecule is O=C(Oc1ccc(C(=O)c2ccccc2)cc1)c1ccc(Cl)c(S(=O)(=O)N2CCCCCC2)c1. The van der Waals surface area contributed by atoms with Gasteiger partial charge in [0.15, 0.2) is 5.78 Å². The highest BCUT2D eigenvalue weighted by Crippen LogP contribution is 2.28. The standard InChI is InChI=1S/C26H24ClNO5S/c27-23-15-12-21(18-24(23)34(31,32)28-16-6-1-2-7-17-28)26(30)33-22-13-10-20(11-14-22)25(29)19-8-4-3-5-9-19/h3-5,8-15,18H,1-2,6-7,16-17H2. The van der Waals surface area contributed by atoms with Crippen molar-refractivity contribution < 1.29 is 22.7 Å². The summed E-state index contributed by atoms with van der Waals surface area (Å²) in [7, 11) is -3.83. The molecule has 0 atom stereocenters. The molecule has 0 amide bonds. The summed E-state index contributed by atoms with van der Waals surface area (Å²) in [4.78, 5) is 25.2. The van der Waals surface area contributed by atoms with Gasteiger partial charge in [-0.3, -0.25) is 4.79 Å². The lowest BCUT2D eigenvalue weighted by Crippen LogP contribution is -2.32. The van der Waals surface area contributed by atoms with E-state index in [1.54, 1.807) is 36.4 Å². The molecule has 176 valence electrons. The Labute approximate surface area is 204 Å². The number of carbonyl (C=O) groups is 2. The second-order valence-corrected chi connectivity index (χ2v) is 10.4. The van der Waals surface area contributed by atoms with Gasteiger partial charge in [0.05, 0.1) is 10.6 Å². The van der Waals surface area contributed by atoms with Crippen molar-refractivity contribution in [3.63, 3.8) is 0 Å². The van der Waals surface area contributed by atoms with Crippen LogP contribution in [0.4, 0.5) is 0 Å². The van der Waals surface area contributed by atoms with Crippen LogP contribution in [-0.4, -0.2) is 37.6 Å². The van der Waals surface area contributed by atoms with Gasteiger partial charge in [0.1, 0.15) is 10.6 Å². The molecule has 1 heterocycles. The van der Waals surface area contributed by atoms with Crippen molar-refractivity contribution in [1.82, 2.24) is 4.31 Å². The van der Waals surface area contributed by atoms with Crippen LogP contribution < -0.4 is 4.74 Å². The summed E-state index contributed by atoms with van der Waals surface area (Å²) in [5, 5.41) is 0.0598. The molecule has 0 N–H and O–H groups in total. The van der Waals surface area contributed by atoms with E-state index in [1.807, 2.05) is 6.07 Å². The molecule has 0 unspecified atom stereocenters. The number of hydrogen-bond donors (Lipinski definition) is 0. The van der Waals surface area contributed by atoms with Crippen LogP contribution in [0.3, 0.4) is 0 Å². The summed E-state index contributed by atoms with van der Waals surface area (Å²) in [6, 6.07) is 19.2. The maximum Gasteiger partial charge on any atom is 0.343 e. The average Bonchev–Trinajstić information content (AvgIpc) is 3.15. The van der Waals surface area contributed by atoms with Gasteiger partial charge in [-0.15, -0.1) is 0 Å². The molecule has 0 spiro atoms. The van der Waals surface area contributed by atoms with Crippen molar-refractivity contribution >= 4 is 33.4 Å². The van der Waals surface area contributed by atoms with Crippen molar-refractivity contribution in [1.29, 1.82) is 0 Å². The minimum Gasteiger partial charge on any atom is -0.423 e. The second-order valence-electron chi connectivity index (χ2n) is 8.07. The van der Waals surface area contributed by atoms with Crippen molar-refractivity contribution in [3.05, 3.63) is 94.5 Å². The van der Waals surface area contributed by atoms with E-state index >= 15 is 0 Å². The van der Waals surface area contributed by atoms with E-state index in [0.717, 1.165) is 25.7 Å². The zero-order valence-electron chi connectivity index (χ0n) is 18.4. The summed E-state index contributed by atoms with van der Waals surface area (Å²) in [5.41, 5.74) is 1.09. The van der Waals surface area contributed by atoms with Crippen LogP contribution in [0.15, 0.2) is 77.7 Å². The van der Waals surface area contributed by atoms with Crippen LogP contribution in [-0.2, 0) is 10.0 Å². The number of sulfonamides is 1. The number of benzene rings is 3. The van der Waals surface area contributed by atoms with Gasteiger partial charge in [-0.1, -0.05) is 54.8 Å². The first-order chi connectivity index (χ1) is 16.4. The maximum atomic E-state index is 13.2. The fraction of sp³-hybridized carbons (Fsp3) is 0.231. The highest BCUT2D eigenvalue weighted by atomic mass is 35.5. The van der Waals surface area contributed by atoms with Gasteiger partial charge >= 0.3 is 5.97 Å². The Balaban J connectivity index is 1.51. The predicted molar refractivity (Wildman–Crippen MR) is 130 cm³/mol.